The summed E-state index contributed by atoms with van der Waals surface area (Å²) in [6.45, 7) is 0. The van der Waals surface area contributed by atoms with Gasteiger partial charge in [0, 0.05) is 29.2 Å². The highest BCUT2D eigenvalue weighted by molar-refractivity contribution is 6.31. The van der Waals surface area contributed by atoms with E-state index < -0.39 is 11.8 Å². The van der Waals surface area contributed by atoms with Crippen molar-refractivity contribution in [2.45, 2.75) is 0 Å². The van der Waals surface area contributed by atoms with E-state index >= 15 is 0 Å². The van der Waals surface area contributed by atoms with Gasteiger partial charge in [-0.25, -0.2) is 0 Å². The minimum absolute atomic E-state index is 0.0350. The highest BCUT2D eigenvalue weighted by Gasteiger charge is 2.17. The molecule has 3 N–H and O–H groups in total. The Morgan fingerprint density at radius 3 is 2.47 bits per heavy atom. The molecule has 0 aliphatic carbocycles. The van der Waals surface area contributed by atoms with E-state index in [2.05, 4.69) is 15.7 Å². The molecule has 4 rings (SSSR count). The summed E-state index contributed by atoms with van der Waals surface area (Å²) in [7, 11) is 1.69. The van der Waals surface area contributed by atoms with Crippen molar-refractivity contribution in [3.05, 3.63) is 107 Å². The van der Waals surface area contributed by atoms with Crippen LogP contribution in [-0.4, -0.2) is 29.0 Å². The van der Waals surface area contributed by atoms with Crippen LogP contribution in [0.5, 0.6) is 5.75 Å². The first kappa shape index (κ1) is 22.8. The number of hydrazine groups is 1. The molecular weight excluding hydrogens is 452 g/mol. The van der Waals surface area contributed by atoms with Crippen LogP contribution in [0.3, 0.4) is 0 Å². The summed E-state index contributed by atoms with van der Waals surface area (Å²) in [5.74, 6) is -0.855. The largest absolute Gasteiger partial charge is 0.508 e. The summed E-state index contributed by atoms with van der Waals surface area (Å²) in [4.78, 5) is 30.3. The molecule has 0 atom stereocenters. The Morgan fingerprint density at radius 2 is 1.74 bits per heavy atom. The summed E-state index contributed by atoms with van der Waals surface area (Å²) < 4.78 is 0. The minimum Gasteiger partial charge on any atom is -0.508 e. The molecular formula is C26H21ClN4O3. The maximum absolute atomic E-state index is 13.2. The second-order valence-corrected chi connectivity index (χ2v) is 7.90. The lowest BCUT2D eigenvalue weighted by Crippen LogP contribution is -2.43. The first-order valence-corrected chi connectivity index (χ1v) is 10.7. The van der Waals surface area contributed by atoms with Crippen molar-refractivity contribution in [3.63, 3.8) is 0 Å². The Kier molecular flexibility index (Phi) is 6.75. The van der Waals surface area contributed by atoms with Gasteiger partial charge in [0.25, 0.3) is 11.8 Å². The minimum atomic E-state index is -0.529. The molecule has 7 nitrogen and oxygen atoms in total. The number of nitrogens with zero attached hydrogens (tertiary/aromatic N) is 2. The van der Waals surface area contributed by atoms with Crippen LogP contribution in [0.1, 0.15) is 15.9 Å². The van der Waals surface area contributed by atoms with Gasteiger partial charge in [0.2, 0.25) is 0 Å². The number of aromatic nitrogens is 1. The highest BCUT2D eigenvalue weighted by Crippen LogP contribution is 2.26. The number of anilines is 1. The van der Waals surface area contributed by atoms with Crippen molar-refractivity contribution in [1.82, 2.24) is 15.7 Å². The second-order valence-electron chi connectivity index (χ2n) is 7.46. The lowest BCUT2D eigenvalue weighted by Gasteiger charge is -2.23. The lowest BCUT2D eigenvalue weighted by molar-refractivity contribution is -0.117. The number of phenols is 1. The molecule has 1 heterocycles. The highest BCUT2D eigenvalue weighted by atomic mass is 35.5. The summed E-state index contributed by atoms with van der Waals surface area (Å²) >= 11 is 6.08. The number of fused-ring (bicyclic) bond motifs is 1. The van der Waals surface area contributed by atoms with Gasteiger partial charge in [-0.1, -0.05) is 41.9 Å². The number of pyridine rings is 1. The van der Waals surface area contributed by atoms with Crippen LogP contribution in [0.2, 0.25) is 5.02 Å². The summed E-state index contributed by atoms with van der Waals surface area (Å²) in [5.41, 5.74) is 5.26. The number of amides is 2. The maximum atomic E-state index is 13.2. The smallest absolute Gasteiger partial charge is 0.286 e. The number of nitrogens with one attached hydrogen (secondary N) is 2. The van der Waals surface area contributed by atoms with Gasteiger partial charge >= 0.3 is 0 Å². The Hall–Kier alpha value is -4.36. The fourth-order valence-electron chi connectivity index (χ4n) is 3.35. The number of carbonyl (C=O) groups is 2. The second kappa shape index (κ2) is 10.1. The average Bonchev–Trinajstić information content (AvgIpc) is 2.84. The number of hydrogen-bond acceptors (Lipinski definition) is 5. The van der Waals surface area contributed by atoms with Gasteiger partial charge in [0.1, 0.15) is 11.4 Å². The zero-order valence-corrected chi connectivity index (χ0v) is 19.0. The lowest BCUT2D eigenvalue weighted by atomic mass is 10.1. The molecule has 2 amide bonds. The predicted octanol–water partition coefficient (Wildman–Crippen LogP) is 4.53. The standard InChI is InChI=1S/C26H21ClN4O3/c1-31(24-13-14-28-22-16-19(27)9-12-21(22)24)30-26(34)23(15-17-7-10-20(32)11-8-17)29-25(33)18-5-3-2-4-6-18/h2-16,32H,1H3,(H,29,33)(H,30,34)/b23-15-. The number of hydrogen-bond donors (Lipinski definition) is 3. The Morgan fingerprint density at radius 1 is 1.00 bits per heavy atom. The Bertz CT molecular complexity index is 1370. The molecule has 1 aromatic heterocycles. The zero-order valence-electron chi connectivity index (χ0n) is 18.2. The van der Waals surface area contributed by atoms with Crippen LogP contribution in [0.25, 0.3) is 17.0 Å². The van der Waals surface area contributed by atoms with E-state index in [4.69, 9.17) is 11.6 Å². The van der Waals surface area contributed by atoms with Crippen molar-refractivity contribution in [1.29, 1.82) is 0 Å². The molecule has 8 heteroatoms. The van der Waals surface area contributed by atoms with Crippen LogP contribution in [0.15, 0.2) is 90.8 Å². The van der Waals surface area contributed by atoms with Crippen LogP contribution in [0.4, 0.5) is 5.69 Å². The van der Waals surface area contributed by atoms with E-state index in [0.717, 1.165) is 5.39 Å². The molecule has 0 unspecified atom stereocenters. The molecule has 170 valence electrons. The monoisotopic (exact) mass is 472 g/mol. The quantitative estimate of drug-likeness (QED) is 0.283. The third-order valence-electron chi connectivity index (χ3n) is 5.05. The van der Waals surface area contributed by atoms with Crippen molar-refractivity contribution in [2.24, 2.45) is 0 Å². The van der Waals surface area contributed by atoms with Crippen molar-refractivity contribution in [2.75, 3.05) is 12.1 Å². The average molecular weight is 473 g/mol. The number of halogens is 1. The molecule has 4 aromatic rings. The maximum Gasteiger partial charge on any atom is 0.286 e. The van der Waals surface area contributed by atoms with Crippen LogP contribution < -0.4 is 15.8 Å². The van der Waals surface area contributed by atoms with Crippen molar-refractivity contribution < 1.29 is 14.7 Å². The van der Waals surface area contributed by atoms with Gasteiger partial charge in [0.05, 0.1) is 11.2 Å². The number of rotatable bonds is 6. The molecule has 0 aliphatic rings. The van der Waals surface area contributed by atoms with Crippen LogP contribution in [-0.2, 0) is 4.79 Å². The van der Waals surface area contributed by atoms with E-state index in [1.165, 1.54) is 18.2 Å². The van der Waals surface area contributed by atoms with Gasteiger partial charge in [-0.15, -0.1) is 0 Å². The number of carbonyl (C=O) groups excluding carboxylic acids is 2. The molecule has 0 aliphatic heterocycles. The third kappa shape index (κ3) is 5.33. The fraction of sp³-hybridized carbons (Fsp3) is 0.0385. The first-order valence-electron chi connectivity index (χ1n) is 10.4. The summed E-state index contributed by atoms with van der Waals surface area (Å²) in [6.07, 6.45) is 3.16. The third-order valence-corrected chi connectivity index (χ3v) is 5.28. The van der Waals surface area contributed by atoms with Crippen molar-refractivity contribution >= 4 is 46.1 Å². The SMILES string of the molecule is CN(NC(=O)/C(=C/c1ccc(O)cc1)NC(=O)c1ccccc1)c1ccnc2cc(Cl)ccc12. The van der Waals surface area contributed by atoms with Gasteiger partial charge in [0.15, 0.2) is 0 Å². The summed E-state index contributed by atoms with van der Waals surface area (Å²) in [6, 6.07) is 22.0. The van der Waals surface area contributed by atoms with E-state index in [1.807, 2.05) is 6.07 Å². The predicted molar refractivity (Wildman–Crippen MR) is 133 cm³/mol. The van der Waals surface area contributed by atoms with E-state index in [-0.39, 0.29) is 11.4 Å². The normalized spacial score (nSPS) is 11.2. The number of benzene rings is 3. The van der Waals surface area contributed by atoms with Gasteiger partial charge in [-0.3, -0.25) is 25.0 Å². The summed E-state index contributed by atoms with van der Waals surface area (Å²) in [5, 5.41) is 15.2. The molecule has 0 spiro atoms. The van der Waals surface area contributed by atoms with Gasteiger partial charge < -0.3 is 10.4 Å². The molecule has 3 aromatic carbocycles. The molecule has 0 saturated carbocycles. The Balaban J connectivity index is 1.62. The molecule has 0 bridgehead atoms. The molecule has 0 saturated heterocycles. The first-order chi connectivity index (χ1) is 16.4. The number of phenolic OH excluding ortho intramolecular Hbond substituents is 1. The van der Waals surface area contributed by atoms with Gasteiger partial charge in [-0.2, -0.15) is 0 Å². The Labute approximate surface area is 201 Å². The zero-order chi connectivity index (χ0) is 24.1. The van der Waals surface area contributed by atoms with E-state index in [1.54, 1.807) is 78.9 Å². The molecule has 0 fully saturated rings. The number of aromatic hydroxyl groups is 1. The van der Waals surface area contributed by atoms with E-state index in [0.29, 0.717) is 27.4 Å². The molecule has 0 radical (unpaired) electrons. The van der Waals surface area contributed by atoms with Crippen LogP contribution in [0, 0.1) is 0 Å². The van der Waals surface area contributed by atoms with Crippen LogP contribution >= 0.6 is 11.6 Å². The molecule has 34 heavy (non-hydrogen) atoms. The van der Waals surface area contributed by atoms with E-state index in [9.17, 15) is 14.7 Å². The topological polar surface area (TPSA) is 94.6 Å². The van der Waals surface area contributed by atoms with Crippen molar-refractivity contribution in [3.8, 4) is 5.75 Å². The van der Waals surface area contributed by atoms with Gasteiger partial charge in [-0.05, 0) is 60.2 Å². The fourth-order valence-corrected chi connectivity index (χ4v) is 3.52.